The second-order valence-electron chi connectivity index (χ2n) is 8.63. The lowest BCUT2D eigenvalue weighted by Crippen LogP contribution is -2.56. The van der Waals surface area contributed by atoms with Crippen LogP contribution in [0.3, 0.4) is 0 Å². The lowest BCUT2D eigenvalue weighted by molar-refractivity contribution is -0.130. The highest BCUT2D eigenvalue weighted by Gasteiger charge is 2.53. The minimum absolute atomic E-state index is 0.109. The van der Waals surface area contributed by atoms with Crippen molar-refractivity contribution in [1.29, 1.82) is 0 Å². The molecule has 4 aliphatic rings. The van der Waals surface area contributed by atoms with E-state index in [0.717, 1.165) is 17.8 Å². The first-order valence-corrected chi connectivity index (χ1v) is 9.73. The summed E-state index contributed by atoms with van der Waals surface area (Å²) >= 11 is 0. The van der Waals surface area contributed by atoms with Crippen molar-refractivity contribution in [1.82, 2.24) is 5.32 Å². The van der Waals surface area contributed by atoms with Crippen LogP contribution in [-0.4, -0.2) is 24.8 Å². The molecule has 4 fully saturated rings. The first-order valence-electron chi connectivity index (χ1n) is 9.73. The van der Waals surface area contributed by atoms with Crippen LogP contribution < -0.4 is 5.32 Å². The van der Waals surface area contributed by atoms with Crippen LogP contribution >= 0.6 is 0 Å². The van der Waals surface area contributed by atoms with Gasteiger partial charge in [0, 0.05) is 6.04 Å². The predicted octanol–water partition coefficient (Wildman–Crippen LogP) is 3.90. The molecule has 0 aromatic heterocycles. The SMILES string of the molecule is C[C@H](NC(=O)CO/N=C\c1cccc(F)c1)C12CC3CC(CC(C3)C1)C2. The largest absolute Gasteiger partial charge is 0.386 e. The molecule has 1 atom stereocenters. The smallest absolute Gasteiger partial charge is 0.261 e. The number of rotatable bonds is 6. The summed E-state index contributed by atoms with van der Waals surface area (Å²) in [6.07, 6.45) is 9.41. The average molecular weight is 358 g/mol. The number of nitrogens with one attached hydrogen (secondary N) is 1. The Labute approximate surface area is 154 Å². The Hall–Kier alpha value is -1.91. The second kappa shape index (κ2) is 7.01. The zero-order valence-electron chi connectivity index (χ0n) is 15.3. The van der Waals surface area contributed by atoms with Gasteiger partial charge in [0.1, 0.15) is 5.82 Å². The molecule has 0 heterocycles. The molecular formula is C21H27FN2O2. The summed E-state index contributed by atoms with van der Waals surface area (Å²) in [6, 6.07) is 6.25. The van der Waals surface area contributed by atoms with Gasteiger partial charge in [0.05, 0.1) is 6.21 Å². The van der Waals surface area contributed by atoms with Crippen LogP contribution in [0, 0.1) is 29.0 Å². The zero-order valence-corrected chi connectivity index (χ0v) is 15.3. The Morgan fingerprint density at radius 3 is 2.58 bits per heavy atom. The minimum atomic E-state index is -0.323. The van der Waals surface area contributed by atoms with E-state index in [2.05, 4.69) is 17.4 Å². The van der Waals surface area contributed by atoms with E-state index >= 15 is 0 Å². The van der Waals surface area contributed by atoms with Crippen molar-refractivity contribution in [2.75, 3.05) is 6.61 Å². The number of hydrogen-bond acceptors (Lipinski definition) is 3. The van der Waals surface area contributed by atoms with Crippen molar-refractivity contribution in [3.05, 3.63) is 35.6 Å². The lowest BCUT2D eigenvalue weighted by atomic mass is 9.48. The van der Waals surface area contributed by atoms with Crippen LogP contribution in [0.5, 0.6) is 0 Å². The molecule has 1 amide bonds. The number of halogens is 1. The number of nitrogens with zero attached hydrogens (tertiary/aromatic N) is 1. The van der Waals surface area contributed by atoms with Crippen molar-refractivity contribution in [3.63, 3.8) is 0 Å². The third-order valence-electron chi connectivity index (χ3n) is 6.70. The summed E-state index contributed by atoms with van der Waals surface area (Å²) in [7, 11) is 0. The Kier molecular flexibility index (Phi) is 4.72. The molecule has 1 aromatic carbocycles. The fraction of sp³-hybridized carbons (Fsp3) is 0.619. The summed E-state index contributed by atoms with van der Waals surface area (Å²) < 4.78 is 13.1. The van der Waals surface area contributed by atoms with Crippen molar-refractivity contribution < 1.29 is 14.0 Å². The standard InChI is InChI=1S/C21H27FN2O2/c1-14(21-9-16-5-17(10-21)7-18(6-16)11-21)24-20(25)13-26-23-12-15-3-2-4-19(22)8-15/h2-4,8,12,14,16-18H,5-7,9-11,13H2,1H3,(H,24,25)/b23-12-/t14-,16?,17?,18?,21?/m0/s1. The van der Waals surface area contributed by atoms with E-state index in [1.165, 1.54) is 56.9 Å². The maximum atomic E-state index is 13.1. The molecule has 1 aromatic rings. The van der Waals surface area contributed by atoms with Gasteiger partial charge < -0.3 is 10.2 Å². The molecule has 0 spiro atoms. The number of amides is 1. The molecule has 4 aliphatic carbocycles. The Balaban J connectivity index is 1.27. The molecule has 5 rings (SSSR count). The van der Waals surface area contributed by atoms with E-state index in [4.69, 9.17) is 4.84 Å². The monoisotopic (exact) mass is 358 g/mol. The third-order valence-corrected chi connectivity index (χ3v) is 6.70. The van der Waals surface area contributed by atoms with Crippen LogP contribution in [0.25, 0.3) is 0 Å². The van der Waals surface area contributed by atoms with E-state index in [-0.39, 0.29) is 29.8 Å². The van der Waals surface area contributed by atoms with E-state index in [0.29, 0.717) is 5.56 Å². The van der Waals surface area contributed by atoms with E-state index in [9.17, 15) is 9.18 Å². The fourth-order valence-electron chi connectivity index (χ4n) is 5.93. The van der Waals surface area contributed by atoms with Gasteiger partial charge in [-0.25, -0.2) is 4.39 Å². The van der Waals surface area contributed by atoms with Gasteiger partial charge in [0.15, 0.2) is 6.61 Å². The summed E-state index contributed by atoms with van der Waals surface area (Å²) in [6.45, 7) is 2.05. The third kappa shape index (κ3) is 3.62. The number of carbonyl (C=O) groups excluding carboxylic acids is 1. The molecule has 4 saturated carbocycles. The molecule has 0 aliphatic heterocycles. The van der Waals surface area contributed by atoms with E-state index in [1.807, 2.05) is 0 Å². The Morgan fingerprint density at radius 2 is 1.96 bits per heavy atom. The quantitative estimate of drug-likeness (QED) is 0.619. The first kappa shape index (κ1) is 17.5. The van der Waals surface area contributed by atoms with Gasteiger partial charge in [-0.1, -0.05) is 17.3 Å². The van der Waals surface area contributed by atoms with Crippen molar-refractivity contribution in [2.45, 2.75) is 51.5 Å². The van der Waals surface area contributed by atoms with Crippen molar-refractivity contribution >= 4 is 12.1 Å². The predicted molar refractivity (Wildman–Crippen MR) is 98.2 cm³/mol. The maximum Gasteiger partial charge on any atom is 0.261 e. The van der Waals surface area contributed by atoms with Crippen molar-refractivity contribution in [2.24, 2.45) is 28.3 Å². The molecule has 1 N–H and O–H groups in total. The highest BCUT2D eigenvalue weighted by atomic mass is 19.1. The van der Waals surface area contributed by atoms with Gasteiger partial charge >= 0.3 is 0 Å². The summed E-state index contributed by atoms with van der Waals surface area (Å²) in [5.74, 6) is 2.15. The molecule has 0 radical (unpaired) electrons. The molecule has 0 saturated heterocycles. The van der Waals surface area contributed by atoms with Gasteiger partial charge in [-0.15, -0.1) is 0 Å². The highest BCUT2D eigenvalue weighted by molar-refractivity contribution is 5.79. The molecule has 26 heavy (non-hydrogen) atoms. The molecule has 4 nitrogen and oxygen atoms in total. The van der Waals surface area contributed by atoms with Crippen molar-refractivity contribution in [3.8, 4) is 0 Å². The number of oxime groups is 1. The number of carbonyl (C=O) groups is 1. The zero-order chi connectivity index (χ0) is 18.1. The van der Waals surface area contributed by atoms with Crippen LogP contribution in [0.4, 0.5) is 4.39 Å². The molecule has 4 bridgehead atoms. The number of hydrogen-bond donors (Lipinski definition) is 1. The van der Waals surface area contributed by atoms with Gasteiger partial charge in [0.2, 0.25) is 0 Å². The normalized spacial score (nSPS) is 33.4. The van der Waals surface area contributed by atoms with Crippen LogP contribution in [0.1, 0.15) is 51.0 Å². The Morgan fingerprint density at radius 1 is 1.31 bits per heavy atom. The lowest BCUT2D eigenvalue weighted by Gasteiger charge is -2.59. The molecule has 140 valence electrons. The maximum absolute atomic E-state index is 13.1. The fourth-order valence-corrected chi connectivity index (χ4v) is 5.93. The van der Waals surface area contributed by atoms with E-state index in [1.54, 1.807) is 12.1 Å². The Bertz CT molecular complexity index is 668. The van der Waals surface area contributed by atoms with Gasteiger partial charge in [0.25, 0.3) is 5.91 Å². The average Bonchev–Trinajstić information content (AvgIpc) is 2.57. The second-order valence-corrected chi connectivity index (χ2v) is 8.63. The van der Waals surface area contributed by atoms with Gasteiger partial charge in [-0.2, -0.15) is 0 Å². The van der Waals surface area contributed by atoms with Gasteiger partial charge in [-0.3, -0.25) is 4.79 Å². The molecule has 5 heteroatoms. The van der Waals surface area contributed by atoms with E-state index < -0.39 is 0 Å². The summed E-state index contributed by atoms with van der Waals surface area (Å²) in [4.78, 5) is 17.3. The van der Waals surface area contributed by atoms with Gasteiger partial charge in [-0.05, 0) is 86.3 Å². The number of benzene rings is 1. The highest BCUT2D eigenvalue weighted by Crippen LogP contribution is 2.61. The topological polar surface area (TPSA) is 50.7 Å². The summed E-state index contributed by atoms with van der Waals surface area (Å²) in [5, 5.41) is 6.92. The first-order chi connectivity index (χ1) is 12.5. The van der Waals surface area contributed by atoms with Crippen LogP contribution in [0.2, 0.25) is 0 Å². The van der Waals surface area contributed by atoms with Crippen LogP contribution in [0.15, 0.2) is 29.4 Å². The molecule has 0 unspecified atom stereocenters. The van der Waals surface area contributed by atoms with Crippen LogP contribution in [-0.2, 0) is 9.63 Å². The summed E-state index contributed by atoms with van der Waals surface area (Å²) in [5.41, 5.74) is 0.891. The minimum Gasteiger partial charge on any atom is -0.386 e. The molecular weight excluding hydrogens is 331 g/mol.